The van der Waals surface area contributed by atoms with E-state index in [4.69, 9.17) is 9.47 Å². The van der Waals surface area contributed by atoms with Crippen LogP contribution in [0.2, 0.25) is 0 Å². The van der Waals surface area contributed by atoms with Gasteiger partial charge in [0, 0.05) is 27.2 Å². The minimum atomic E-state index is -0.560. The molecule has 0 radical (unpaired) electrons. The molecule has 1 fully saturated rings. The molecule has 0 spiro atoms. The molecular weight excluding hydrogens is 282 g/mol. The van der Waals surface area contributed by atoms with Gasteiger partial charge in [-0.3, -0.25) is 4.99 Å². The Bertz CT molecular complexity index is 570. The van der Waals surface area contributed by atoms with E-state index in [0.29, 0.717) is 13.1 Å². The molecule has 2 aliphatic rings. The molecule has 120 valence electrons. The lowest BCUT2D eigenvalue weighted by Gasteiger charge is -2.37. The van der Waals surface area contributed by atoms with Crippen molar-refractivity contribution in [2.75, 3.05) is 27.4 Å². The van der Waals surface area contributed by atoms with Crippen molar-refractivity contribution in [3.8, 4) is 11.5 Å². The molecule has 2 N–H and O–H groups in total. The van der Waals surface area contributed by atoms with Crippen LogP contribution in [-0.4, -0.2) is 49.0 Å². The average Bonchev–Trinajstić information content (AvgIpc) is 2.93. The third-order valence-corrected chi connectivity index (χ3v) is 4.29. The molecule has 0 aromatic heterocycles. The molecule has 0 atom stereocenters. The van der Waals surface area contributed by atoms with E-state index < -0.39 is 5.60 Å². The quantitative estimate of drug-likeness (QED) is 0.649. The summed E-state index contributed by atoms with van der Waals surface area (Å²) in [5, 5.41) is 13.4. The zero-order valence-corrected chi connectivity index (χ0v) is 13.1. The third kappa shape index (κ3) is 3.11. The predicted molar refractivity (Wildman–Crippen MR) is 84.2 cm³/mol. The maximum absolute atomic E-state index is 10.2. The Morgan fingerprint density at radius 3 is 2.82 bits per heavy atom. The van der Waals surface area contributed by atoms with Crippen LogP contribution in [0, 0.1) is 0 Å². The lowest BCUT2D eigenvalue weighted by molar-refractivity contribution is -0.0282. The van der Waals surface area contributed by atoms with Gasteiger partial charge in [0.15, 0.2) is 17.5 Å². The number of fused-ring (bicyclic) bond motifs is 1. The number of aliphatic imine (C=N–C) groups is 1. The maximum atomic E-state index is 10.2. The molecule has 0 amide bonds. The number of nitrogens with one attached hydrogen (secondary N) is 1. The molecule has 1 aromatic rings. The molecule has 1 aliphatic carbocycles. The highest BCUT2D eigenvalue weighted by atomic mass is 16.7. The predicted octanol–water partition coefficient (Wildman–Crippen LogP) is 1.34. The van der Waals surface area contributed by atoms with Gasteiger partial charge in [0.1, 0.15) is 0 Å². The Kier molecular flexibility index (Phi) is 4.11. The first-order valence-corrected chi connectivity index (χ1v) is 7.62. The fourth-order valence-electron chi connectivity index (χ4n) is 2.78. The minimum absolute atomic E-state index is 0.288. The standard InChI is InChI=1S/C16H23N3O3/c1-17-15(18-10-16(20)6-3-7-16)19(2)9-12-4-5-13-14(8-12)22-11-21-13/h4-5,8,20H,3,6-7,9-11H2,1-2H3,(H,17,18). The molecule has 6 nitrogen and oxygen atoms in total. The largest absolute Gasteiger partial charge is 0.454 e. The van der Waals surface area contributed by atoms with Gasteiger partial charge in [0.25, 0.3) is 0 Å². The van der Waals surface area contributed by atoms with Gasteiger partial charge in [-0.25, -0.2) is 0 Å². The first-order chi connectivity index (χ1) is 10.6. The lowest BCUT2D eigenvalue weighted by atomic mass is 9.80. The van der Waals surface area contributed by atoms with Crippen LogP contribution in [-0.2, 0) is 6.54 Å². The molecule has 1 saturated carbocycles. The Hall–Kier alpha value is -1.95. The van der Waals surface area contributed by atoms with E-state index in [1.54, 1.807) is 7.05 Å². The molecule has 1 aliphatic heterocycles. The van der Waals surface area contributed by atoms with Crippen LogP contribution in [0.4, 0.5) is 0 Å². The summed E-state index contributed by atoms with van der Waals surface area (Å²) in [6, 6.07) is 5.95. The first kappa shape index (κ1) is 15.0. The van der Waals surface area contributed by atoms with Gasteiger partial charge >= 0.3 is 0 Å². The summed E-state index contributed by atoms with van der Waals surface area (Å²) < 4.78 is 10.7. The highest BCUT2D eigenvalue weighted by molar-refractivity contribution is 5.79. The summed E-state index contributed by atoms with van der Waals surface area (Å²) in [4.78, 5) is 6.31. The monoisotopic (exact) mass is 305 g/mol. The second-order valence-corrected chi connectivity index (χ2v) is 6.02. The second-order valence-electron chi connectivity index (χ2n) is 6.02. The van der Waals surface area contributed by atoms with Crippen LogP contribution in [0.1, 0.15) is 24.8 Å². The number of aliphatic hydroxyl groups is 1. The summed E-state index contributed by atoms with van der Waals surface area (Å²) in [6.07, 6.45) is 2.83. The van der Waals surface area contributed by atoms with Crippen molar-refractivity contribution >= 4 is 5.96 Å². The molecule has 3 rings (SSSR count). The van der Waals surface area contributed by atoms with Crippen molar-refractivity contribution in [2.45, 2.75) is 31.4 Å². The minimum Gasteiger partial charge on any atom is -0.454 e. The summed E-state index contributed by atoms with van der Waals surface area (Å²) in [7, 11) is 3.73. The number of guanidine groups is 1. The number of rotatable bonds is 4. The molecule has 0 saturated heterocycles. The summed E-state index contributed by atoms with van der Waals surface area (Å²) in [5.74, 6) is 2.36. The third-order valence-electron chi connectivity index (χ3n) is 4.29. The SMILES string of the molecule is CN=C(NCC1(O)CCC1)N(C)Cc1ccc2c(c1)OCO2. The normalized spacial score (nSPS) is 18.8. The van der Waals surface area contributed by atoms with Crippen LogP contribution < -0.4 is 14.8 Å². The fourth-order valence-corrected chi connectivity index (χ4v) is 2.78. The lowest BCUT2D eigenvalue weighted by Crippen LogP contribution is -2.50. The van der Waals surface area contributed by atoms with Gasteiger partial charge in [0.2, 0.25) is 6.79 Å². The Morgan fingerprint density at radius 2 is 2.14 bits per heavy atom. The van der Waals surface area contributed by atoms with E-state index in [2.05, 4.69) is 10.3 Å². The van der Waals surface area contributed by atoms with Gasteiger partial charge in [-0.1, -0.05) is 6.07 Å². The summed E-state index contributed by atoms with van der Waals surface area (Å²) >= 11 is 0. The molecule has 0 bridgehead atoms. The van der Waals surface area contributed by atoms with Crippen LogP contribution in [0.25, 0.3) is 0 Å². The van der Waals surface area contributed by atoms with Crippen LogP contribution in [0.15, 0.2) is 23.2 Å². The number of benzene rings is 1. The van der Waals surface area contributed by atoms with Crippen LogP contribution >= 0.6 is 0 Å². The first-order valence-electron chi connectivity index (χ1n) is 7.62. The molecule has 6 heteroatoms. The zero-order chi connectivity index (χ0) is 15.6. The van der Waals surface area contributed by atoms with Gasteiger partial charge in [-0.15, -0.1) is 0 Å². The van der Waals surface area contributed by atoms with Crippen LogP contribution in [0.5, 0.6) is 11.5 Å². The van der Waals surface area contributed by atoms with Crippen molar-refractivity contribution in [3.05, 3.63) is 23.8 Å². The highest BCUT2D eigenvalue weighted by Crippen LogP contribution is 2.33. The molecular formula is C16H23N3O3. The second kappa shape index (κ2) is 6.04. The van der Waals surface area contributed by atoms with E-state index in [9.17, 15) is 5.11 Å². The Balaban J connectivity index is 1.58. The highest BCUT2D eigenvalue weighted by Gasteiger charge is 2.34. The smallest absolute Gasteiger partial charge is 0.231 e. The van der Waals surface area contributed by atoms with Gasteiger partial charge < -0.3 is 24.8 Å². The summed E-state index contributed by atoms with van der Waals surface area (Å²) in [5.41, 5.74) is 0.562. The van der Waals surface area contributed by atoms with Crippen molar-refractivity contribution in [2.24, 2.45) is 4.99 Å². The molecule has 1 heterocycles. The number of hydrogen-bond acceptors (Lipinski definition) is 4. The van der Waals surface area contributed by atoms with Gasteiger partial charge in [-0.05, 0) is 37.0 Å². The topological polar surface area (TPSA) is 66.3 Å². The Labute approximate surface area is 130 Å². The van der Waals surface area contributed by atoms with E-state index in [1.807, 2.05) is 30.1 Å². The fraction of sp³-hybridized carbons (Fsp3) is 0.562. The van der Waals surface area contributed by atoms with Crippen molar-refractivity contribution in [1.82, 2.24) is 10.2 Å². The van der Waals surface area contributed by atoms with E-state index in [1.165, 1.54) is 0 Å². The molecule has 22 heavy (non-hydrogen) atoms. The van der Waals surface area contributed by atoms with Gasteiger partial charge in [-0.2, -0.15) is 0 Å². The van der Waals surface area contributed by atoms with Crippen LogP contribution in [0.3, 0.4) is 0 Å². The number of nitrogens with zero attached hydrogens (tertiary/aromatic N) is 2. The van der Waals surface area contributed by atoms with E-state index >= 15 is 0 Å². The van der Waals surface area contributed by atoms with E-state index in [0.717, 1.165) is 42.3 Å². The zero-order valence-electron chi connectivity index (χ0n) is 13.1. The summed E-state index contributed by atoms with van der Waals surface area (Å²) in [6.45, 7) is 1.54. The van der Waals surface area contributed by atoms with Crippen molar-refractivity contribution in [3.63, 3.8) is 0 Å². The average molecular weight is 305 g/mol. The van der Waals surface area contributed by atoms with Gasteiger partial charge in [0.05, 0.1) is 5.60 Å². The van der Waals surface area contributed by atoms with Crippen molar-refractivity contribution < 1.29 is 14.6 Å². The maximum Gasteiger partial charge on any atom is 0.231 e. The Morgan fingerprint density at radius 1 is 1.36 bits per heavy atom. The molecule has 0 unspecified atom stereocenters. The van der Waals surface area contributed by atoms with Crippen molar-refractivity contribution in [1.29, 1.82) is 0 Å². The number of hydrogen-bond donors (Lipinski definition) is 2. The molecule has 1 aromatic carbocycles. The van der Waals surface area contributed by atoms with E-state index in [-0.39, 0.29) is 6.79 Å². The number of ether oxygens (including phenoxy) is 2.